The number of carbonyl (C=O) groups excluding carboxylic acids is 1. The van der Waals surface area contributed by atoms with Gasteiger partial charge in [-0.3, -0.25) is 9.69 Å². The largest absolute Gasteiger partial charge is 0.490 e. The van der Waals surface area contributed by atoms with Gasteiger partial charge >= 0.3 is 0 Å². The van der Waals surface area contributed by atoms with Crippen molar-refractivity contribution in [1.29, 1.82) is 0 Å². The minimum atomic E-state index is -3.63. The molecule has 0 aliphatic carbocycles. The van der Waals surface area contributed by atoms with E-state index in [1.165, 1.54) is 4.31 Å². The number of sulfonamides is 1. The Bertz CT molecular complexity index is 815. The zero-order valence-electron chi connectivity index (χ0n) is 16.0. The van der Waals surface area contributed by atoms with Crippen molar-refractivity contribution in [1.82, 2.24) is 14.1 Å². The highest BCUT2D eigenvalue weighted by molar-refractivity contribution is 7.89. The second-order valence-electron chi connectivity index (χ2n) is 7.43. The van der Waals surface area contributed by atoms with Crippen LogP contribution in [-0.4, -0.2) is 87.5 Å². The lowest BCUT2D eigenvalue weighted by Crippen LogP contribution is -2.52. The fraction of sp³-hybridized carbons (Fsp3) is 0.632. The van der Waals surface area contributed by atoms with Crippen LogP contribution < -0.4 is 9.47 Å². The lowest BCUT2D eigenvalue weighted by molar-refractivity contribution is -0.133. The van der Waals surface area contributed by atoms with Crippen LogP contribution in [0, 0.1) is 0 Å². The van der Waals surface area contributed by atoms with Crippen LogP contribution in [0.2, 0.25) is 0 Å². The van der Waals surface area contributed by atoms with Gasteiger partial charge in [0.1, 0.15) is 0 Å². The van der Waals surface area contributed by atoms with Crippen molar-refractivity contribution >= 4 is 15.9 Å². The number of nitrogens with zero attached hydrogens (tertiary/aromatic N) is 3. The minimum absolute atomic E-state index is 0.0922. The van der Waals surface area contributed by atoms with Gasteiger partial charge < -0.3 is 14.4 Å². The van der Waals surface area contributed by atoms with Gasteiger partial charge in [-0.15, -0.1) is 0 Å². The predicted molar refractivity (Wildman–Crippen MR) is 103 cm³/mol. The molecule has 9 heteroatoms. The Balaban J connectivity index is 1.39. The quantitative estimate of drug-likeness (QED) is 0.731. The molecule has 8 nitrogen and oxygen atoms in total. The molecule has 0 N–H and O–H groups in total. The summed E-state index contributed by atoms with van der Waals surface area (Å²) in [5.41, 5.74) is 0. The van der Waals surface area contributed by atoms with Crippen molar-refractivity contribution in [3.8, 4) is 11.5 Å². The molecule has 3 aliphatic rings. The number of rotatable bonds is 4. The molecule has 3 aliphatic heterocycles. The smallest absolute Gasteiger partial charge is 0.243 e. The molecule has 3 heterocycles. The topological polar surface area (TPSA) is 79.4 Å². The number of likely N-dealkylation sites (tertiary alicyclic amines) is 1. The van der Waals surface area contributed by atoms with Gasteiger partial charge in [0.2, 0.25) is 15.9 Å². The first-order valence-electron chi connectivity index (χ1n) is 9.94. The average Bonchev–Trinajstić information content (AvgIpc) is 3.10. The molecule has 2 fully saturated rings. The molecule has 0 atom stereocenters. The number of carbonyl (C=O) groups is 1. The van der Waals surface area contributed by atoms with Gasteiger partial charge in [-0.05, 0) is 38.1 Å². The molecule has 0 radical (unpaired) electrons. The lowest BCUT2D eigenvalue weighted by atomic mass is 10.3. The van der Waals surface area contributed by atoms with Crippen LogP contribution in [0.15, 0.2) is 23.1 Å². The molecule has 0 bridgehead atoms. The summed E-state index contributed by atoms with van der Waals surface area (Å²) in [6.45, 7) is 4.93. The highest BCUT2D eigenvalue weighted by atomic mass is 32.2. The molecular formula is C19H27N3O5S. The first kappa shape index (κ1) is 19.5. The number of amides is 1. The first-order valence-corrected chi connectivity index (χ1v) is 11.4. The zero-order valence-corrected chi connectivity index (χ0v) is 16.8. The van der Waals surface area contributed by atoms with E-state index in [-0.39, 0.29) is 10.8 Å². The van der Waals surface area contributed by atoms with E-state index in [0.29, 0.717) is 57.4 Å². The molecule has 1 aromatic carbocycles. The van der Waals surface area contributed by atoms with Crippen LogP contribution in [0.3, 0.4) is 0 Å². The number of benzene rings is 1. The molecule has 2 saturated heterocycles. The number of hydrogen-bond acceptors (Lipinski definition) is 6. The summed E-state index contributed by atoms with van der Waals surface area (Å²) in [5.74, 6) is 1.14. The van der Waals surface area contributed by atoms with Gasteiger partial charge in [0.25, 0.3) is 0 Å². The Morgan fingerprint density at radius 1 is 0.893 bits per heavy atom. The van der Waals surface area contributed by atoms with Crippen LogP contribution in [0.25, 0.3) is 0 Å². The van der Waals surface area contributed by atoms with Crippen LogP contribution in [0.1, 0.15) is 19.3 Å². The Hall–Kier alpha value is -1.84. The molecular weight excluding hydrogens is 382 g/mol. The van der Waals surface area contributed by atoms with Crippen molar-refractivity contribution in [2.75, 3.05) is 59.0 Å². The molecule has 1 aromatic rings. The molecule has 4 rings (SSSR count). The van der Waals surface area contributed by atoms with Gasteiger partial charge in [-0.2, -0.15) is 4.31 Å². The maximum atomic E-state index is 13.0. The van der Waals surface area contributed by atoms with Gasteiger partial charge in [-0.1, -0.05) is 0 Å². The van der Waals surface area contributed by atoms with Crippen molar-refractivity contribution in [3.05, 3.63) is 18.2 Å². The third-order valence-corrected chi connectivity index (χ3v) is 7.40. The highest BCUT2D eigenvalue weighted by Crippen LogP contribution is 2.33. The van der Waals surface area contributed by atoms with Gasteiger partial charge in [0.05, 0.1) is 24.7 Å². The summed E-state index contributed by atoms with van der Waals surface area (Å²) >= 11 is 0. The van der Waals surface area contributed by atoms with E-state index in [9.17, 15) is 13.2 Å². The third-order valence-electron chi connectivity index (χ3n) is 5.51. The van der Waals surface area contributed by atoms with E-state index < -0.39 is 10.0 Å². The van der Waals surface area contributed by atoms with Crippen LogP contribution in [-0.2, 0) is 14.8 Å². The minimum Gasteiger partial charge on any atom is -0.490 e. The van der Waals surface area contributed by atoms with Gasteiger partial charge in [-0.25, -0.2) is 8.42 Å². The number of piperazine rings is 1. The molecule has 0 unspecified atom stereocenters. The summed E-state index contributed by atoms with van der Waals surface area (Å²) in [4.78, 5) is 16.6. The Morgan fingerprint density at radius 3 is 2.29 bits per heavy atom. The van der Waals surface area contributed by atoms with Crippen molar-refractivity contribution < 1.29 is 22.7 Å². The number of fused-ring (bicyclic) bond motifs is 1. The summed E-state index contributed by atoms with van der Waals surface area (Å²) in [7, 11) is -3.63. The normalized spacial score (nSPS) is 21.5. The van der Waals surface area contributed by atoms with E-state index in [1.54, 1.807) is 23.1 Å². The molecule has 0 spiro atoms. The predicted octanol–water partition coefficient (Wildman–Crippen LogP) is 0.777. The summed E-state index contributed by atoms with van der Waals surface area (Å²) < 4.78 is 38.7. The van der Waals surface area contributed by atoms with E-state index in [4.69, 9.17) is 9.47 Å². The zero-order chi connectivity index (χ0) is 19.6. The van der Waals surface area contributed by atoms with Crippen molar-refractivity contribution in [2.24, 2.45) is 0 Å². The van der Waals surface area contributed by atoms with Gasteiger partial charge in [0.15, 0.2) is 11.5 Å². The van der Waals surface area contributed by atoms with E-state index in [2.05, 4.69) is 4.90 Å². The lowest BCUT2D eigenvalue weighted by Gasteiger charge is -2.34. The van der Waals surface area contributed by atoms with Crippen molar-refractivity contribution in [3.63, 3.8) is 0 Å². The van der Waals surface area contributed by atoms with Crippen LogP contribution in [0.4, 0.5) is 0 Å². The molecule has 28 heavy (non-hydrogen) atoms. The Labute approximate surface area is 166 Å². The average molecular weight is 410 g/mol. The van der Waals surface area contributed by atoms with E-state index in [0.717, 1.165) is 32.4 Å². The fourth-order valence-electron chi connectivity index (χ4n) is 3.86. The second kappa shape index (κ2) is 8.26. The number of ether oxygens (including phenoxy) is 2. The Kier molecular flexibility index (Phi) is 5.75. The summed E-state index contributed by atoms with van der Waals surface area (Å²) in [6, 6.07) is 4.76. The highest BCUT2D eigenvalue weighted by Gasteiger charge is 2.31. The standard InChI is InChI=1S/C19H27N3O5S/c23-19(15-20-6-1-2-7-20)21-8-10-22(11-9-21)28(24,25)16-4-5-17-18(14-16)27-13-3-12-26-17/h4-5,14H,1-3,6-13,15H2. The SMILES string of the molecule is O=C(CN1CCCC1)N1CCN(S(=O)(=O)c2ccc3c(c2)OCCCO3)CC1. The monoisotopic (exact) mass is 409 g/mol. The van der Waals surface area contributed by atoms with Crippen LogP contribution >= 0.6 is 0 Å². The number of hydrogen-bond donors (Lipinski definition) is 0. The summed E-state index contributed by atoms with van der Waals surface area (Å²) in [6.07, 6.45) is 3.06. The van der Waals surface area contributed by atoms with E-state index in [1.807, 2.05) is 0 Å². The van der Waals surface area contributed by atoms with Gasteiger partial charge in [0, 0.05) is 38.7 Å². The Morgan fingerprint density at radius 2 is 1.57 bits per heavy atom. The van der Waals surface area contributed by atoms with Crippen LogP contribution in [0.5, 0.6) is 11.5 Å². The van der Waals surface area contributed by atoms with Crippen molar-refractivity contribution in [2.45, 2.75) is 24.2 Å². The molecule has 0 saturated carbocycles. The molecule has 0 aromatic heterocycles. The maximum absolute atomic E-state index is 13.0. The third kappa shape index (κ3) is 4.11. The maximum Gasteiger partial charge on any atom is 0.243 e. The first-order chi connectivity index (χ1) is 13.5. The molecule has 154 valence electrons. The molecule has 1 amide bonds. The fourth-order valence-corrected chi connectivity index (χ4v) is 5.30. The second-order valence-corrected chi connectivity index (χ2v) is 9.37. The summed E-state index contributed by atoms with van der Waals surface area (Å²) in [5, 5.41) is 0. The van der Waals surface area contributed by atoms with E-state index >= 15 is 0 Å².